The van der Waals surface area contributed by atoms with E-state index >= 15 is 0 Å². The molecule has 1 nitrogen and oxygen atoms in total. The van der Waals surface area contributed by atoms with Crippen LogP contribution in [0.1, 0.15) is 57.1 Å². The lowest BCUT2D eigenvalue weighted by Gasteiger charge is -2.32. The predicted octanol–water partition coefficient (Wildman–Crippen LogP) is 5.72. The van der Waals surface area contributed by atoms with Crippen LogP contribution in [0.25, 0.3) is 0 Å². The first-order valence-corrected chi connectivity index (χ1v) is 8.58. The molecule has 0 heterocycles. The Balaban J connectivity index is 2.22. The maximum atomic E-state index is 6.50. The van der Waals surface area contributed by atoms with Gasteiger partial charge in [0, 0.05) is 10.5 Å². The molecule has 1 fully saturated rings. The van der Waals surface area contributed by atoms with Crippen molar-refractivity contribution in [2.45, 2.75) is 51.5 Å². The van der Waals surface area contributed by atoms with E-state index in [4.69, 9.17) is 11.6 Å². The topological polar surface area (TPSA) is 12.0 Å². The minimum atomic E-state index is 0.408. The molecule has 1 saturated carbocycles. The van der Waals surface area contributed by atoms with Crippen molar-refractivity contribution in [3.05, 3.63) is 33.3 Å². The highest BCUT2D eigenvalue weighted by Gasteiger charge is 2.26. The number of hydrogen-bond acceptors (Lipinski definition) is 1. The van der Waals surface area contributed by atoms with Crippen LogP contribution < -0.4 is 5.32 Å². The third-order valence-corrected chi connectivity index (χ3v) is 5.36. The Bertz CT molecular complexity index is 402. The molecule has 1 aromatic carbocycles. The Morgan fingerprint density at radius 2 is 2.05 bits per heavy atom. The van der Waals surface area contributed by atoms with Gasteiger partial charge in [0.15, 0.2) is 0 Å². The maximum absolute atomic E-state index is 6.50. The molecule has 1 atom stereocenters. The zero-order chi connectivity index (χ0) is 13.7. The highest BCUT2D eigenvalue weighted by molar-refractivity contribution is 9.10. The molecule has 1 unspecified atom stereocenters. The van der Waals surface area contributed by atoms with Gasteiger partial charge in [-0.25, -0.2) is 0 Å². The molecule has 1 aliphatic carbocycles. The molecule has 19 heavy (non-hydrogen) atoms. The molecule has 2 rings (SSSR count). The second-order valence-electron chi connectivity index (χ2n) is 5.47. The van der Waals surface area contributed by atoms with Gasteiger partial charge in [-0.3, -0.25) is 0 Å². The zero-order valence-electron chi connectivity index (χ0n) is 11.6. The average Bonchev–Trinajstić information content (AvgIpc) is 2.45. The van der Waals surface area contributed by atoms with Crippen molar-refractivity contribution >= 4 is 27.5 Å². The number of hydrogen-bond donors (Lipinski definition) is 1. The van der Waals surface area contributed by atoms with Crippen molar-refractivity contribution in [2.24, 2.45) is 5.92 Å². The van der Waals surface area contributed by atoms with Crippen molar-refractivity contribution in [1.82, 2.24) is 5.32 Å². The molecule has 0 radical (unpaired) electrons. The van der Waals surface area contributed by atoms with Gasteiger partial charge in [0.2, 0.25) is 0 Å². The lowest BCUT2D eigenvalue weighted by molar-refractivity contribution is 0.272. The molecule has 106 valence electrons. The van der Waals surface area contributed by atoms with E-state index in [1.807, 2.05) is 6.07 Å². The number of benzene rings is 1. The van der Waals surface area contributed by atoms with Crippen LogP contribution in [0.4, 0.5) is 0 Å². The molecule has 0 saturated heterocycles. The van der Waals surface area contributed by atoms with Crippen LogP contribution in [0.5, 0.6) is 0 Å². The van der Waals surface area contributed by atoms with Gasteiger partial charge in [-0.15, -0.1) is 0 Å². The number of rotatable bonds is 5. The summed E-state index contributed by atoms with van der Waals surface area (Å²) < 4.78 is 1.01. The van der Waals surface area contributed by atoms with E-state index in [1.54, 1.807) is 0 Å². The largest absolute Gasteiger partial charge is 0.310 e. The predicted molar refractivity (Wildman–Crippen MR) is 86.8 cm³/mol. The number of nitrogens with one attached hydrogen (secondary N) is 1. The normalized spacial score (nSPS) is 18.5. The minimum Gasteiger partial charge on any atom is -0.310 e. The van der Waals surface area contributed by atoms with Gasteiger partial charge >= 0.3 is 0 Å². The Kier molecular flexibility index (Phi) is 6.18. The molecule has 1 N–H and O–H groups in total. The van der Waals surface area contributed by atoms with Crippen molar-refractivity contribution in [1.29, 1.82) is 0 Å². The van der Waals surface area contributed by atoms with Crippen LogP contribution in [-0.4, -0.2) is 6.54 Å². The molecule has 0 bridgehead atoms. The van der Waals surface area contributed by atoms with Crippen LogP contribution in [0.15, 0.2) is 22.7 Å². The smallest absolute Gasteiger partial charge is 0.0595 e. The Hall–Kier alpha value is -0.0500. The summed E-state index contributed by atoms with van der Waals surface area (Å²) in [6, 6.07) is 6.69. The molecule has 1 aliphatic rings. The first kappa shape index (κ1) is 15.3. The van der Waals surface area contributed by atoms with E-state index in [2.05, 4.69) is 40.3 Å². The number of halogens is 2. The monoisotopic (exact) mass is 343 g/mol. The van der Waals surface area contributed by atoms with E-state index in [1.165, 1.54) is 37.7 Å². The molecule has 0 aromatic heterocycles. The van der Waals surface area contributed by atoms with Gasteiger partial charge in [0.25, 0.3) is 0 Å². The van der Waals surface area contributed by atoms with E-state index in [0.29, 0.717) is 6.04 Å². The second kappa shape index (κ2) is 7.66. The van der Waals surface area contributed by atoms with Gasteiger partial charge in [-0.1, -0.05) is 49.9 Å². The van der Waals surface area contributed by atoms with Crippen LogP contribution in [0.3, 0.4) is 0 Å². The van der Waals surface area contributed by atoms with Crippen LogP contribution in [0, 0.1) is 5.92 Å². The van der Waals surface area contributed by atoms with E-state index in [0.717, 1.165) is 28.4 Å². The third kappa shape index (κ3) is 3.96. The summed E-state index contributed by atoms with van der Waals surface area (Å²) in [7, 11) is 0. The molecule has 1 aromatic rings. The standard InChI is InChI=1S/C16H23BrClN/c1-2-11-19-16(12-7-4-3-5-8-12)13-9-6-10-14(17)15(13)18/h6,9-10,12,16,19H,2-5,7-8,11H2,1H3. The minimum absolute atomic E-state index is 0.408. The Morgan fingerprint density at radius 1 is 1.32 bits per heavy atom. The molecular weight excluding hydrogens is 322 g/mol. The van der Waals surface area contributed by atoms with Crippen molar-refractivity contribution in [2.75, 3.05) is 6.54 Å². The fraction of sp³-hybridized carbons (Fsp3) is 0.625. The lowest BCUT2D eigenvalue weighted by Crippen LogP contribution is -2.30. The molecular formula is C16H23BrClN. The second-order valence-corrected chi connectivity index (χ2v) is 6.71. The summed E-state index contributed by atoms with van der Waals surface area (Å²) in [6.45, 7) is 3.28. The highest BCUT2D eigenvalue weighted by Crippen LogP contribution is 2.39. The van der Waals surface area contributed by atoms with Crippen molar-refractivity contribution < 1.29 is 0 Å². The van der Waals surface area contributed by atoms with Gasteiger partial charge in [-0.2, -0.15) is 0 Å². The summed E-state index contributed by atoms with van der Waals surface area (Å²) in [4.78, 5) is 0. The highest BCUT2D eigenvalue weighted by atomic mass is 79.9. The molecule has 3 heteroatoms. The van der Waals surface area contributed by atoms with Gasteiger partial charge < -0.3 is 5.32 Å². The molecule has 0 amide bonds. The van der Waals surface area contributed by atoms with E-state index in [-0.39, 0.29) is 0 Å². The molecule has 0 aliphatic heterocycles. The fourth-order valence-electron chi connectivity index (χ4n) is 3.06. The zero-order valence-corrected chi connectivity index (χ0v) is 13.9. The first-order valence-electron chi connectivity index (χ1n) is 7.41. The summed E-state index contributed by atoms with van der Waals surface area (Å²) in [5.41, 5.74) is 1.26. The summed E-state index contributed by atoms with van der Waals surface area (Å²) in [6.07, 6.45) is 7.92. The summed E-state index contributed by atoms with van der Waals surface area (Å²) in [5.74, 6) is 0.729. The molecule has 0 spiro atoms. The average molecular weight is 345 g/mol. The van der Waals surface area contributed by atoms with Gasteiger partial charge in [-0.05, 0) is 59.3 Å². The van der Waals surface area contributed by atoms with Crippen LogP contribution >= 0.6 is 27.5 Å². The van der Waals surface area contributed by atoms with Crippen molar-refractivity contribution in [3.63, 3.8) is 0 Å². The van der Waals surface area contributed by atoms with Crippen molar-refractivity contribution in [3.8, 4) is 0 Å². The Morgan fingerprint density at radius 3 is 2.74 bits per heavy atom. The van der Waals surface area contributed by atoms with E-state index in [9.17, 15) is 0 Å². The lowest BCUT2D eigenvalue weighted by atomic mass is 9.81. The maximum Gasteiger partial charge on any atom is 0.0595 e. The fourth-order valence-corrected chi connectivity index (χ4v) is 3.68. The SMILES string of the molecule is CCCNC(c1cccc(Br)c1Cl)C1CCCCC1. The third-order valence-electron chi connectivity index (χ3n) is 4.05. The van der Waals surface area contributed by atoms with Gasteiger partial charge in [0.1, 0.15) is 0 Å². The summed E-state index contributed by atoms with van der Waals surface area (Å²) in [5, 5.41) is 4.59. The van der Waals surface area contributed by atoms with Crippen LogP contribution in [0.2, 0.25) is 5.02 Å². The van der Waals surface area contributed by atoms with Gasteiger partial charge in [0.05, 0.1) is 5.02 Å². The van der Waals surface area contributed by atoms with E-state index < -0.39 is 0 Å². The first-order chi connectivity index (χ1) is 9.24. The summed E-state index contributed by atoms with van der Waals surface area (Å²) >= 11 is 10.0. The van der Waals surface area contributed by atoms with Crippen LogP contribution in [-0.2, 0) is 0 Å². The quantitative estimate of drug-likeness (QED) is 0.720. The Labute approximate surface area is 130 Å².